The summed E-state index contributed by atoms with van der Waals surface area (Å²) in [6.07, 6.45) is -1.62. The van der Waals surface area contributed by atoms with Crippen LogP contribution in [-0.2, 0) is 0 Å². The normalized spacial score (nSPS) is 11.3. The Balaban J connectivity index is 2.37. The molecule has 0 fully saturated rings. The lowest BCUT2D eigenvalue weighted by atomic mass is 10.1. The zero-order valence-corrected chi connectivity index (χ0v) is 9.69. The van der Waals surface area contributed by atoms with E-state index in [0.29, 0.717) is 5.69 Å². The van der Waals surface area contributed by atoms with E-state index in [1.54, 1.807) is 18.2 Å². The number of halogens is 3. The Labute approximate surface area is 107 Å². The summed E-state index contributed by atoms with van der Waals surface area (Å²) >= 11 is 0. The molecule has 19 heavy (non-hydrogen) atoms. The van der Waals surface area contributed by atoms with Crippen molar-refractivity contribution in [1.29, 1.82) is 0 Å². The van der Waals surface area contributed by atoms with E-state index in [-0.39, 0.29) is 17.1 Å². The highest BCUT2D eigenvalue weighted by Crippen LogP contribution is 2.33. The van der Waals surface area contributed by atoms with Crippen molar-refractivity contribution >= 4 is 5.82 Å². The van der Waals surface area contributed by atoms with Crippen molar-refractivity contribution < 1.29 is 17.9 Å². The summed E-state index contributed by atoms with van der Waals surface area (Å²) in [4.78, 5) is 7.87. The zero-order chi connectivity index (χ0) is 13.9. The molecule has 0 radical (unpaired) electrons. The van der Waals surface area contributed by atoms with Gasteiger partial charge in [0, 0.05) is 12.4 Å². The second kappa shape index (κ2) is 5.13. The largest absolute Gasteiger partial charge is 0.483 e. The molecule has 2 N–H and O–H groups in total. The van der Waals surface area contributed by atoms with Gasteiger partial charge in [-0.05, 0) is 18.2 Å². The molecule has 0 aliphatic heterocycles. The first-order chi connectivity index (χ1) is 8.97. The summed E-state index contributed by atoms with van der Waals surface area (Å²) in [6, 6.07) is 6.33. The van der Waals surface area contributed by atoms with Gasteiger partial charge < -0.3 is 10.5 Å². The molecule has 0 saturated heterocycles. The number of aromatic nitrogens is 2. The quantitative estimate of drug-likeness (QED) is 0.930. The summed E-state index contributed by atoms with van der Waals surface area (Å²) in [5.74, 6) is 0.0712. The van der Waals surface area contributed by atoms with Crippen LogP contribution in [0.3, 0.4) is 0 Å². The van der Waals surface area contributed by atoms with Crippen molar-refractivity contribution in [3.63, 3.8) is 0 Å². The molecule has 2 aromatic rings. The molecule has 2 aromatic heterocycles. The second-order valence-electron chi connectivity index (χ2n) is 3.69. The van der Waals surface area contributed by atoms with Gasteiger partial charge in [0.25, 0.3) is 0 Å². The zero-order valence-electron chi connectivity index (χ0n) is 9.69. The third kappa shape index (κ3) is 3.34. The average molecular weight is 269 g/mol. The van der Waals surface area contributed by atoms with Gasteiger partial charge in [-0.15, -0.1) is 0 Å². The number of anilines is 1. The number of hydrogen-bond acceptors (Lipinski definition) is 4. The first-order valence-corrected chi connectivity index (χ1v) is 5.33. The molecule has 0 aliphatic rings. The molecular formula is C12H10F3N3O. The lowest BCUT2D eigenvalue weighted by Crippen LogP contribution is -2.19. The van der Waals surface area contributed by atoms with E-state index in [4.69, 9.17) is 10.5 Å². The highest BCUT2D eigenvalue weighted by molar-refractivity contribution is 5.76. The van der Waals surface area contributed by atoms with Gasteiger partial charge in [-0.3, -0.25) is 4.98 Å². The number of nitrogen functional groups attached to an aromatic ring is 1. The predicted octanol–water partition coefficient (Wildman–Crippen LogP) is 2.67. The van der Waals surface area contributed by atoms with Crippen molar-refractivity contribution in [1.82, 2.24) is 9.97 Å². The molecule has 100 valence electrons. The van der Waals surface area contributed by atoms with Gasteiger partial charge in [0.1, 0.15) is 11.6 Å². The SMILES string of the molecule is Nc1nccc(OCC(F)(F)F)c1-c1ccccn1. The maximum atomic E-state index is 12.2. The van der Waals surface area contributed by atoms with Gasteiger partial charge in [0.2, 0.25) is 0 Å². The third-order valence-corrected chi connectivity index (χ3v) is 2.25. The van der Waals surface area contributed by atoms with Crippen LogP contribution in [-0.4, -0.2) is 22.8 Å². The molecule has 0 aromatic carbocycles. The molecule has 0 atom stereocenters. The summed E-state index contributed by atoms with van der Waals surface area (Å²) in [6.45, 7) is -1.39. The smallest absolute Gasteiger partial charge is 0.422 e. The minimum atomic E-state index is -4.42. The number of hydrogen-bond donors (Lipinski definition) is 1. The fourth-order valence-electron chi connectivity index (χ4n) is 1.51. The topological polar surface area (TPSA) is 61.0 Å². The second-order valence-corrected chi connectivity index (χ2v) is 3.69. The molecule has 4 nitrogen and oxygen atoms in total. The minimum absolute atomic E-state index is 0.00326. The van der Waals surface area contributed by atoms with Crippen LogP contribution in [0.1, 0.15) is 0 Å². The molecule has 0 saturated carbocycles. The number of nitrogens with two attached hydrogens (primary N) is 1. The fourth-order valence-corrected chi connectivity index (χ4v) is 1.51. The summed E-state index contributed by atoms with van der Waals surface area (Å²) < 4.78 is 41.3. The Morgan fingerprint density at radius 1 is 1.11 bits per heavy atom. The summed E-state index contributed by atoms with van der Waals surface area (Å²) in [7, 11) is 0. The minimum Gasteiger partial charge on any atom is -0.483 e. The van der Waals surface area contributed by atoms with Crippen LogP contribution in [0.4, 0.5) is 19.0 Å². The Kier molecular flexibility index (Phi) is 3.55. The highest BCUT2D eigenvalue weighted by atomic mass is 19.4. The van der Waals surface area contributed by atoms with Crippen LogP contribution in [0.2, 0.25) is 0 Å². The Hall–Kier alpha value is -2.31. The first kappa shape index (κ1) is 13.1. The Morgan fingerprint density at radius 3 is 2.53 bits per heavy atom. The van der Waals surface area contributed by atoms with Crippen LogP contribution in [0.5, 0.6) is 5.75 Å². The number of ether oxygens (including phenoxy) is 1. The van der Waals surface area contributed by atoms with Gasteiger partial charge in [0.15, 0.2) is 6.61 Å². The number of alkyl halides is 3. The van der Waals surface area contributed by atoms with Gasteiger partial charge in [-0.2, -0.15) is 13.2 Å². The Morgan fingerprint density at radius 2 is 1.89 bits per heavy atom. The fraction of sp³-hybridized carbons (Fsp3) is 0.167. The van der Waals surface area contributed by atoms with Gasteiger partial charge in [0.05, 0.1) is 11.3 Å². The van der Waals surface area contributed by atoms with E-state index < -0.39 is 12.8 Å². The monoisotopic (exact) mass is 269 g/mol. The molecule has 0 aliphatic carbocycles. The van der Waals surface area contributed by atoms with E-state index in [0.717, 1.165) is 0 Å². The molecule has 2 heterocycles. The van der Waals surface area contributed by atoms with Crippen LogP contribution in [0.15, 0.2) is 36.7 Å². The van der Waals surface area contributed by atoms with E-state index >= 15 is 0 Å². The van der Waals surface area contributed by atoms with Gasteiger partial charge in [-0.25, -0.2) is 4.98 Å². The van der Waals surface area contributed by atoms with Crippen molar-refractivity contribution in [2.45, 2.75) is 6.18 Å². The van der Waals surface area contributed by atoms with Crippen molar-refractivity contribution in [2.75, 3.05) is 12.3 Å². The van der Waals surface area contributed by atoms with Crippen molar-refractivity contribution in [3.05, 3.63) is 36.7 Å². The van der Waals surface area contributed by atoms with Crippen molar-refractivity contribution in [3.8, 4) is 17.0 Å². The molecule has 7 heteroatoms. The average Bonchev–Trinajstić information content (AvgIpc) is 2.36. The van der Waals surface area contributed by atoms with E-state index in [1.165, 1.54) is 18.5 Å². The highest BCUT2D eigenvalue weighted by Gasteiger charge is 2.29. The molecular weight excluding hydrogens is 259 g/mol. The lowest BCUT2D eigenvalue weighted by Gasteiger charge is -2.13. The Bertz CT molecular complexity index is 558. The summed E-state index contributed by atoms with van der Waals surface area (Å²) in [5.41, 5.74) is 6.34. The van der Waals surface area contributed by atoms with E-state index in [9.17, 15) is 13.2 Å². The predicted molar refractivity (Wildman–Crippen MR) is 63.4 cm³/mol. The molecule has 2 rings (SSSR count). The summed E-state index contributed by atoms with van der Waals surface area (Å²) in [5, 5.41) is 0. The third-order valence-electron chi connectivity index (χ3n) is 2.25. The van der Waals surface area contributed by atoms with E-state index in [2.05, 4.69) is 9.97 Å². The van der Waals surface area contributed by atoms with Crippen LogP contribution < -0.4 is 10.5 Å². The molecule has 0 unspecified atom stereocenters. The van der Waals surface area contributed by atoms with Gasteiger partial charge >= 0.3 is 6.18 Å². The lowest BCUT2D eigenvalue weighted by molar-refractivity contribution is -0.153. The standard InChI is InChI=1S/C12H10F3N3O/c13-12(14,15)7-19-9-4-6-18-11(16)10(9)8-3-1-2-5-17-8/h1-6H,7H2,(H2,16,18). The van der Waals surface area contributed by atoms with Gasteiger partial charge in [-0.1, -0.05) is 6.07 Å². The van der Waals surface area contributed by atoms with Crippen LogP contribution in [0.25, 0.3) is 11.3 Å². The number of rotatable bonds is 3. The van der Waals surface area contributed by atoms with Crippen molar-refractivity contribution in [2.24, 2.45) is 0 Å². The van der Waals surface area contributed by atoms with Crippen LogP contribution in [0, 0.1) is 0 Å². The maximum Gasteiger partial charge on any atom is 0.422 e. The maximum absolute atomic E-state index is 12.2. The number of nitrogens with zero attached hydrogens (tertiary/aromatic N) is 2. The van der Waals surface area contributed by atoms with Crippen LogP contribution >= 0.6 is 0 Å². The molecule has 0 bridgehead atoms. The number of pyridine rings is 2. The molecule has 0 amide bonds. The first-order valence-electron chi connectivity index (χ1n) is 5.33. The molecule has 0 spiro atoms. The van der Waals surface area contributed by atoms with E-state index in [1.807, 2.05) is 0 Å².